The Morgan fingerprint density at radius 1 is 1.53 bits per heavy atom. The van der Waals surface area contributed by atoms with Crippen LogP contribution in [-0.2, 0) is 0 Å². The molecule has 2 rings (SSSR count). The summed E-state index contributed by atoms with van der Waals surface area (Å²) in [7, 11) is 1.85. The van der Waals surface area contributed by atoms with Gasteiger partial charge in [-0.2, -0.15) is 0 Å². The number of hydrogen-bond donors (Lipinski definition) is 2. The van der Waals surface area contributed by atoms with E-state index in [0.29, 0.717) is 6.54 Å². The van der Waals surface area contributed by atoms with Crippen molar-refractivity contribution in [1.29, 1.82) is 0 Å². The summed E-state index contributed by atoms with van der Waals surface area (Å²) in [6.45, 7) is 3.40. The van der Waals surface area contributed by atoms with Gasteiger partial charge in [-0.25, -0.2) is 4.98 Å². The molecular formula is C11H17N3O. The maximum absolute atomic E-state index is 9.87. The van der Waals surface area contributed by atoms with E-state index in [-0.39, 0.29) is 0 Å². The molecule has 0 radical (unpaired) electrons. The monoisotopic (exact) mass is 207 g/mol. The quantitative estimate of drug-likeness (QED) is 0.762. The molecule has 4 heteroatoms. The number of pyridine rings is 1. The molecule has 1 aromatic rings. The average molecular weight is 207 g/mol. The van der Waals surface area contributed by atoms with Crippen LogP contribution in [0.25, 0.3) is 0 Å². The second-order valence-electron chi connectivity index (χ2n) is 4.30. The molecule has 1 unspecified atom stereocenters. The topological polar surface area (TPSA) is 48.4 Å². The first-order valence-electron chi connectivity index (χ1n) is 5.23. The highest BCUT2D eigenvalue weighted by molar-refractivity contribution is 5.47. The Morgan fingerprint density at radius 2 is 2.33 bits per heavy atom. The fourth-order valence-electron chi connectivity index (χ4n) is 1.88. The van der Waals surface area contributed by atoms with Crippen molar-refractivity contribution in [2.24, 2.45) is 0 Å². The van der Waals surface area contributed by atoms with Crippen molar-refractivity contribution in [1.82, 2.24) is 4.98 Å². The molecule has 1 atom stereocenters. The smallest absolute Gasteiger partial charge is 0.131 e. The zero-order valence-electron chi connectivity index (χ0n) is 9.20. The van der Waals surface area contributed by atoms with Crippen LogP contribution in [0.3, 0.4) is 0 Å². The standard InChI is InChI=1S/C11H17N3O/c1-11(15)6-7-14(8-11)10-5-3-4-9(12-2)13-10/h3-5,15H,6-8H2,1-2H3,(H,12,13). The Bertz CT molecular complexity index is 351. The summed E-state index contributed by atoms with van der Waals surface area (Å²) in [6.07, 6.45) is 0.804. The lowest BCUT2D eigenvalue weighted by molar-refractivity contribution is 0.0839. The van der Waals surface area contributed by atoms with Crippen LogP contribution in [0.4, 0.5) is 11.6 Å². The van der Waals surface area contributed by atoms with Crippen molar-refractivity contribution in [3.8, 4) is 0 Å². The largest absolute Gasteiger partial charge is 0.388 e. The summed E-state index contributed by atoms with van der Waals surface area (Å²) in [5, 5.41) is 12.9. The number of nitrogens with zero attached hydrogens (tertiary/aromatic N) is 2. The van der Waals surface area contributed by atoms with Gasteiger partial charge in [0.15, 0.2) is 0 Å². The normalized spacial score (nSPS) is 25.7. The number of aromatic nitrogens is 1. The Morgan fingerprint density at radius 3 is 2.93 bits per heavy atom. The number of β-amino-alcohol motifs (C(OH)–C–C–N with tert-alkyl or cyclic N) is 1. The third kappa shape index (κ3) is 2.21. The number of rotatable bonds is 2. The molecule has 1 aliphatic heterocycles. The fraction of sp³-hybridized carbons (Fsp3) is 0.545. The fourth-order valence-corrected chi connectivity index (χ4v) is 1.88. The number of nitrogens with one attached hydrogen (secondary N) is 1. The van der Waals surface area contributed by atoms with Crippen LogP contribution in [0.2, 0.25) is 0 Å². The lowest BCUT2D eigenvalue weighted by Gasteiger charge is -2.20. The Labute approximate surface area is 89.9 Å². The highest BCUT2D eigenvalue weighted by atomic mass is 16.3. The van der Waals surface area contributed by atoms with Gasteiger partial charge in [-0.05, 0) is 25.5 Å². The molecule has 1 aromatic heterocycles. The van der Waals surface area contributed by atoms with Crippen molar-refractivity contribution in [2.75, 3.05) is 30.4 Å². The van der Waals surface area contributed by atoms with Crippen LogP contribution in [0.1, 0.15) is 13.3 Å². The predicted molar refractivity (Wildman–Crippen MR) is 61.2 cm³/mol. The molecule has 1 fully saturated rings. The molecule has 82 valence electrons. The third-order valence-corrected chi connectivity index (χ3v) is 2.77. The van der Waals surface area contributed by atoms with E-state index in [1.54, 1.807) is 0 Å². The van der Waals surface area contributed by atoms with E-state index in [0.717, 1.165) is 24.6 Å². The summed E-state index contributed by atoms with van der Waals surface area (Å²) in [4.78, 5) is 6.55. The lowest BCUT2D eigenvalue weighted by Crippen LogP contribution is -2.30. The van der Waals surface area contributed by atoms with Gasteiger partial charge in [0.2, 0.25) is 0 Å². The Hall–Kier alpha value is -1.29. The van der Waals surface area contributed by atoms with Crippen LogP contribution in [-0.4, -0.2) is 35.8 Å². The van der Waals surface area contributed by atoms with Crippen LogP contribution in [0, 0.1) is 0 Å². The zero-order chi connectivity index (χ0) is 10.9. The molecular weight excluding hydrogens is 190 g/mol. The number of anilines is 2. The van der Waals surface area contributed by atoms with E-state index in [9.17, 15) is 5.11 Å². The van der Waals surface area contributed by atoms with Gasteiger partial charge in [-0.15, -0.1) is 0 Å². The van der Waals surface area contributed by atoms with Gasteiger partial charge in [0.1, 0.15) is 11.6 Å². The summed E-state index contributed by atoms with van der Waals surface area (Å²) in [6, 6.07) is 5.88. The second kappa shape index (κ2) is 3.70. The van der Waals surface area contributed by atoms with Gasteiger partial charge in [0, 0.05) is 20.1 Å². The van der Waals surface area contributed by atoms with Crippen LogP contribution < -0.4 is 10.2 Å². The molecule has 0 aromatic carbocycles. The molecule has 15 heavy (non-hydrogen) atoms. The van der Waals surface area contributed by atoms with E-state index in [1.165, 1.54) is 0 Å². The maximum atomic E-state index is 9.87. The van der Waals surface area contributed by atoms with Gasteiger partial charge in [0.05, 0.1) is 5.60 Å². The van der Waals surface area contributed by atoms with Crippen LogP contribution >= 0.6 is 0 Å². The Kier molecular flexibility index (Phi) is 2.52. The summed E-state index contributed by atoms with van der Waals surface area (Å²) in [5.41, 5.74) is -0.572. The van der Waals surface area contributed by atoms with E-state index in [1.807, 2.05) is 32.2 Å². The summed E-state index contributed by atoms with van der Waals surface area (Å²) >= 11 is 0. The molecule has 1 saturated heterocycles. The van der Waals surface area contributed by atoms with Crippen molar-refractivity contribution >= 4 is 11.6 Å². The van der Waals surface area contributed by atoms with Gasteiger partial charge in [-0.3, -0.25) is 0 Å². The van der Waals surface area contributed by atoms with Crippen LogP contribution in [0.15, 0.2) is 18.2 Å². The van der Waals surface area contributed by atoms with Gasteiger partial charge in [-0.1, -0.05) is 6.07 Å². The highest BCUT2D eigenvalue weighted by Gasteiger charge is 2.31. The van der Waals surface area contributed by atoms with E-state index < -0.39 is 5.60 Å². The molecule has 2 N–H and O–H groups in total. The first kappa shape index (κ1) is 10.2. The zero-order valence-corrected chi connectivity index (χ0v) is 9.20. The van der Waals surface area contributed by atoms with Crippen molar-refractivity contribution in [2.45, 2.75) is 18.9 Å². The summed E-state index contributed by atoms with van der Waals surface area (Å²) in [5.74, 6) is 1.79. The highest BCUT2D eigenvalue weighted by Crippen LogP contribution is 2.25. The van der Waals surface area contributed by atoms with Gasteiger partial charge in [0.25, 0.3) is 0 Å². The van der Waals surface area contributed by atoms with Crippen molar-refractivity contribution in [3.05, 3.63) is 18.2 Å². The molecule has 0 bridgehead atoms. The number of hydrogen-bond acceptors (Lipinski definition) is 4. The van der Waals surface area contributed by atoms with E-state index in [2.05, 4.69) is 15.2 Å². The first-order chi connectivity index (χ1) is 7.11. The van der Waals surface area contributed by atoms with E-state index >= 15 is 0 Å². The maximum Gasteiger partial charge on any atom is 0.131 e. The molecule has 0 spiro atoms. The minimum Gasteiger partial charge on any atom is -0.388 e. The molecule has 1 aliphatic rings. The second-order valence-corrected chi connectivity index (χ2v) is 4.30. The third-order valence-electron chi connectivity index (χ3n) is 2.77. The van der Waals surface area contributed by atoms with E-state index in [4.69, 9.17) is 0 Å². The summed E-state index contributed by atoms with van der Waals surface area (Å²) < 4.78 is 0. The molecule has 2 heterocycles. The minimum absolute atomic E-state index is 0.572. The molecule has 0 saturated carbocycles. The predicted octanol–water partition coefficient (Wildman–Crippen LogP) is 1.08. The van der Waals surface area contributed by atoms with Crippen molar-refractivity contribution in [3.63, 3.8) is 0 Å². The Balaban J connectivity index is 2.16. The molecule has 0 amide bonds. The molecule has 0 aliphatic carbocycles. The van der Waals surface area contributed by atoms with Crippen molar-refractivity contribution < 1.29 is 5.11 Å². The van der Waals surface area contributed by atoms with Crippen LogP contribution in [0.5, 0.6) is 0 Å². The lowest BCUT2D eigenvalue weighted by atomic mass is 10.1. The minimum atomic E-state index is -0.572. The number of aliphatic hydroxyl groups is 1. The first-order valence-corrected chi connectivity index (χ1v) is 5.23. The average Bonchev–Trinajstić information content (AvgIpc) is 2.59. The SMILES string of the molecule is CNc1cccc(N2CCC(C)(O)C2)n1. The van der Waals surface area contributed by atoms with Gasteiger partial charge < -0.3 is 15.3 Å². The molecule has 4 nitrogen and oxygen atoms in total. The van der Waals surface area contributed by atoms with Gasteiger partial charge >= 0.3 is 0 Å².